The molecule has 0 bridgehead atoms. The first-order valence-corrected chi connectivity index (χ1v) is 9.89. The van der Waals surface area contributed by atoms with E-state index in [-0.39, 0.29) is 4.90 Å². The van der Waals surface area contributed by atoms with Gasteiger partial charge in [0.05, 0.1) is 0 Å². The summed E-state index contributed by atoms with van der Waals surface area (Å²) in [6, 6.07) is 11.6. The van der Waals surface area contributed by atoms with Gasteiger partial charge in [0.2, 0.25) is 0 Å². The maximum absolute atomic E-state index is 14.1. The van der Waals surface area contributed by atoms with E-state index in [2.05, 4.69) is 0 Å². The van der Waals surface area contributed by atoms with Crippen molar-refractivity contribution in [3.05, 3.63) is 64.1 Å². The summed E-state index contributed by atoms with van der Waals surface area (Å²) < 4.78 is 37.2. The molecule has 6 heteroatoms. The molecule has 2 aromatic carbocycles. The van der Waals surface area contributed by atoms with E-state index in [1.165, 1.54) is 23.5 Å². The van der Waals surface area contributed by atoms with Gasteiger partial charge in [-0.05, 0) is 46.2 Å². The molecule has 0 aliphatic rings. The van der Waals surface area contributed by atoms with Crippen molar-refractivity contribution < 1.29 is 12.8 Å². The average molecular weight is 367 g/mol. The highest BCUT2D eigenvalue weighted by Crippen LogP contribution is 2.37. The minimum Gasteiger partial charge on any atom is -0.224 e. The Hall–Kier alpha value is -1.69. The number of hydrogen-bond donors (Lipinski definition) is 0. The highest BCUT2D eigenvalue weighted by atomic mass is 35.5. The van der Waals surface area contributed by atoms with Crippen molar-refractivity contribution in [1.82, 2.24) is 0 Å². The van der Waals surface area contributed by atoms with Crippen molar-refractivity contribution in [2.75, 3.05) is 6.26 Å². The minimum absolute atomic E-state index is 0.291. The normalized spacial score (nSPS) is 11.6. The van der Waals surface area contributed by atoms with Gasteiger partial charge in [0.25, 0.3) is 0 Å². The van der Waals surface area contributed by atoms with Crippen LogP contribution >= 0.6 is 22.9 Å². The number of halogens is 2. The van der Waals surface area contributed by atoms with E-state index in [0.717, 1.165) is 22.9 Å². The molecule has 3 rings (SSSR count). The molecule has 118 valence electrons. The summed E-state index contributed by atoms with van der Waals surface area (Å²) in [5, 5.41) is 4.49. The third-order valence-electron chi connectivity index (χ3n) is 3.44. The van der Waals surface area contributed by atoms with Crippen molar-refractivity contribution in [1.29, 1.82) is 0 Å². The van der Waals surface area contributed by atoms with E-state index in [0.29, 0.717) is 10.6 Å². The minimum atomic E-state index is -3.58. The molecule has 0 saturated heterocycles. The van der Waals surface area contributed by atoms with Crippen molar-refractivity contribution in [3.63, 3.8) is 0 Å². The predicted octanol–water partition coefficient (Wildman–Crippen LogP) is 5.28. The molecule has 0 saturated carbocycles. The van der Waals surface area contributed by atoms with Gasteiger partial charge in [-0.25, -0.2) is 12.8 Å². The second-order valence-corrected chi connectivity index (χ2v) is 8.29. The highest BCUT2D eigenvalue weighted by molar-refractivity contribution is 7.90. The maximum atomic E-state index is 14.1. The lowest BCUT2D eigenvalue weighted by atomic mass is 9.99. The second kappa shape index (κ2) is 6.07. The monoisotopic (exact) mass is 366 g/mol. The first kappa shape index (κ1) is 16.2. The molecular formula is C17H12ClFO2S2. The number of sulfone groups is 1. The molecule has 0 radical (unpaired) electrons. The van der Waals surface area contributed by atoms with E-state index < -0.39 is 15.7 Å². The van der Waals surface area contributed by atoms with Crippen molar-refractivity contribution in [2.45, 2.75) is 4.90 Å². The second-order valence-electron chi connectivity index (χ2n) is 5.13. The summed E-state index contributed by atoms with van der Waals surface area (Å²) in [6.45, 7) is 0. The zero-order valence-corrected chi connectivity index (χ0v) is 14.5. The lowest BCUT2D eigenvalue weighted by Crippen LogP contribution is -2.00. The molecule has 0 aliphatic carbocycles. The van der Waals surface area contributed by atoms with Crippen LogP contribution in [0.3, 0.4) is 0 Å². The van der Waals surface area contributed by atoms with Crippen LogP contribution in [0, 0.1) is 5.82 Å². The number of hydrogen-bond acceptors (Lipinski definition) is 3. The van der Waals surface area contributed by atoms with Gasteiger partial charge in [-0.15, -0.1) is 0 Å². The van der Waals surface area contributed by atoms with Crippen LogP contribution in [0.15, 0.2) is 58.1 Å². The Morgan fingerprint density at radius 2 is 1.65 bits per heavy atom. The van der Waals surface area contributed by atoms with Gasteiger partial charge in [-0.2, -0.15) is 11.3 Å². The molecular weight excluding hydrogens is 355 g/mol. The lowest BCUT2D eigenvalue weighted by Gasteiger charge is -2.07. The first-order valence-electron chi connectivity index (χ1n) is 6.68. The molecule has 0 spiro atoms. The van der Waals surface area contributed by atoms with E-state index >= 15 is 0 Å². The molecule has 1 heterocycles. The Morgan fingerprint density at radius 1 is 1.00 bits per heavy atom. The average Bonchev–Trinajstić information content (AvgIpc) is 2.95. The van der Waals surface area contributed by atoms with Crippen molar-refractivity contribution in [2.24, 2.45) is 0 Å². The van der Waals surface area contributed by atoms with E-state index in [4.69, 9.17) is 11.6 Å². The molecule has 3 aromatic rings. The Labute approximate surface area is 143 Å². The number of benzene rings is 2. The first-order chi connectivity index (χ1) is 10.9. The molecule has 2 nitrogen and oxygen atoms in total. The molecule has 23 heavy (non-hydrogen) atoms. The standard InChI is InChI=1S/C17H12ClFO2S2/c1-23(20,21)17-6-5-12(8-16(17)19)15-10-22-9-14(15)11-3-2-4-13(18)7-11/h2-10H,1H3. The van der Waals surface area contributed by atoms with Crippen LogP contribution in [0.2, 0.25) is 5.02 Å². The summed E-state index contributed by atoms with van der Waals surface area (Å²) in [5.74, 6) is -0.742. The van der Waals surface area contributed by atoms with Gasteiger partial charge >= 0.3 is 0 Å². The zero-order valence-electron chi connectivity index (χ0n) is 12.1. The van der Waals surface area contributed by atoms with Gasteiger partial charge < -0.3 is 0 Å². The van der Waals surface area contributed by atoms with Crippen LogP contribution in [0.25, 0.3) is 22.3 Å². The fraction of sp³-hybridized carbons (Fsp3) is 0.0588. The molecule has 0 N–H and O–H groups in total. The zero-order chi connectivity index (χ0) is 16.6. The van der Waals surface area contributed by atoms with Crippen LogP contribution < -0.4 is 0 Å². The van der Waals surface area contributed by atoms with E-state index in [1.807, 2.05) is 29.0 Å². The molecule has 0 atom stereocenters. The fourth-order valence-corrected chi connectivity index (χ4v) is 4.15. The fourth-order valence-electron chi connectivity index (χ4n) is 2.37. The Bertz CT molecular complexity index is 978. The van der Waals surface area contributed by atoms with Crippen LogP contribution in [-0.2, 0) is 9.84 Å². The summed E-state index contributed by atoms with van der Waals surface area (Å²) in [6.07, 6.45) is 0.993. The van der Waals surface area contributed by atoms with Gasteiger partial charge in [-0.3, -0.25) is 0 Å². The third-order valence-corrected chi connectivity index (χ3v) is 5.55. The summed E-state index contributed by atoms with van der Waals surface area (Å²) in [7, 11) is -3.58. The summed E-state index contributed by atoms with van der Waals surface area (Å²) in [4.78, 5) is -0.291. The van der Waals surface area contributed by atoms with Crippen molar-refractivity contribution >= 4 is 32.8 Å². The lowest BCUT2D eigenvalue weighted by molar-refractivity contribution is 0.571. The predicted molar refractivity (Wildman–Crippen MR) is 93.3 cm³/mol. The SMILES string of the molecule is CS(=O)(=O)c1ccc(-c2cscc2-c2cccc(Cl)c2)cc1F. The van der Waals surface area contributed by atoms with Crippen LogP contribution in [-0.4, -0.2) is 14.7 Å². The molecule has 0 amide bonds. The van der Waals surface area contributed by atoms with Gasteiger partial charge in [0.15, 0.2) is 9.84 Å². The van der Waals surface area contributed by atoms with Gasteiger partial charge in [0, 0.05) is 22.4 Å². The molecule has 0 unspecified atom stereocenters. The largest absolute Gasteiger partial charge is 0.224 e. The Kier molecular flexibility index (Phi) is 4.27. The quantitative estimate of drug-likeness (QED) is 0.632. The van der Waals surface area contributed by atoms with Gasteiger partial charge in [0.1, 0.15) is 10.7 Å². The topological polar surface area (TPSA) is 34.1 Å². The smallest absolute Gasteiger partial charge is 0.178 e. The van der Waals surface area contributed by atoms with Crippen molar-refractivity contribution in [3.8, 4) is 22.3 Å². The van der Waals surface area contributed by atoms with E-state index in [9.17, 15) is 12.8 Å². The highest BCUT2D eigenvalue weighted by Gasteiger charge is 2.16. The Balaban J connectivity index is 2.11. The number of thiophene rings is 1. The van der Waals surface area contributed by atoms with Crippen LogP contribution in [0.5, 0.6) is 0 Å². The molecule has 0 aliphatic heterocycles. The summed E-state index contributed by atoms with van der Waals surface area (Å²) in [5.41, 5.74) is 3.34. The third kappa shape index (κ3) is 3.32. The van der Waals surface area contributed by atoms with Crippen LogP contribution in [0.1, 0.15) is 0 Å². The van der Waals surface area contributed by atoms with Gasteiger partial charge in [-0.1, -0.05) is 29.8 Å². The van der Waals surface area contributed by atoms with E-state index in [1.54, 1.807) is 12.1 Å². The molecule has 0 fully saturated rings. The molecule has 1 aromatic heterocycles. The maximum Gasteiger partial charge on any atom is 0.178 e. The van der Waals surface area contributed by atoms with Crippen LogP contribution in [0.4, 0.5) is 4.39 Å². The number of rotatable bonds is 3. The Morgan fingerprint density at radius 3 is 2.22 bits per heavy atom. The summed E-state index contributed by atoms with van der Waals surface area (Å²) >= 11 is 7.53.